The molecule has 0 bridgehead atoms. The van der Waals surface area contributed by atoms with Crippen LogP contribution in [0.2, 0.25) is 0 Å². The number of amides is 1. The first kappa shape index (κ1) is 20.5. The number of hydrogen-bond acceptors (Lipinski definition) is 5. The van der Waals surface area contributed by atoms with Gasteiger partial charge in [0.2, 0.25) is 0 Å². The van der Waals surface area contributed by atoms with Gasteiger partial charge in [0.15, 0.2) is 0 Å². The molecule has 1 fully saturated rings. The second-order valence-corrected chi connectivity index (χ2v) is 8.91. The highest BCUT2D eigenvalue weighted by atomic mass is 32.1. The maximum absolute atomic E-state index is 12.8. The minimum absolute atomic E-state index is 0.0857. The molecule has 0 unspecified atom stereocenters. The summed E-state index contributed by atoms with van der Waals surface area (Å²) >= 11 is 1.64. The molecule has 2 aliphatic rings. The van der Waals surface area contributed by atoms with Gasteiger partial charge in [-0.15, -0.1) is 11.3 Å². The lowest BCUT2D eigenvalue weighted by molar-refractivity contribution is -0.0938. The second kappa shape index (κ2) is 8.86. The molecule has 0 radical (unpaired) electrons. The number of likely N-dealkylation sites (tertiary alicyclic amines) is 1. The Morgan fingerprint density at radius 1 is 1.41 bits per heavy atom. The molecular weight excluding hydrogens is 360 g/mol. The fourth-order valence-electron chi connectivity index (χ4n) is 3.83. The lowest BCUT2D eigenvalue weighted by Crippen LogP contribution is -2.46. The SMILES string of the molecule is COCCN(C)C(=O)c1cc2c(s1)C1(CCN(CC=C(C)C)CC1)OCC2. The van der Waals surface area contributed by atoms with Crippen molar-refractivity contribution in [1.29, 1.82) is 0 Å². The Balaban J connectivity index is 1.73. The summed E-state index contributed by atoms with van der Waals surface area (Å²) in [5, 5.41) is 0. The van der Waals surface area contributed by atoms with E-state index in [1.54, 1.807) is 23.3 Å². The van der Waals surface area contributed by atoms with Crippen molar-refractivity contribution in [1.82, 2.24) is 9.80 Å². The maximum atomic E-state index is 12.8. The van der Waals surface area contributed by atoms with E-state index >= 15 is 0 Å². The van der Waals surface area contributed by atoms with Crippen molar-refractivity contribution in [3.8, 4) is 0 Å². The van der Waals surface area contributed by atoms with Gasteiger partial charge in [-0.3, -0.25) is 9.69 Å². The van der Waals surface area contributed by atoms with E-state index in [2.05, 4.69) is 30.9 Å². The van der Waals surface area contributed by atoms with Crippen LogP contribution in [-0.2, 0) is 21.5 Å². The van der Waals surface area contributed by atoms with Crippen molar-refractivity contribution in [2.24, 2.45) is 0 Å². The standard InChI is InChI=1S/C21H32N2O3S/c1-16(2)5-9-23-10-7-21(8-11-23)19-17(6-13-26-21)15-18(27-19)20(24)22(3)12-14-25-4/h5,15H,6-14H2,1-4H3. The number of carbonyl (C=O) groups is 1. The zero-order valence-electron chi connectivity index (χ0n) is 17.0. The third-order valence-corrected chi connectivity index (χ3v) is 6.93. The molecule has 2 aliphatic heterocycles. The number of likely N-dealkylation sites (N-methyl/N-ethyl adjacent to an activating group) is 1. The minimum Gasteiger partial charge on any atom is -0.383 e. The average Bonchev–Trinajstić information content (AvgIpc) is 3.11. The summed E-state index contributed by atoms with van der Waals surface area (Å²) < 4.78 is 11.4. The predicted octanol–water partition coefficient (Wildman–Crippen LogP) is 3.30. The number of methoxy groups -OCH3 is 1. The Labute approximate surface area is 166 Å². The highest BCUT2D eigenvalue weighted by Crippen LogP contribution is 2.45. The first-order chi connectivity index (χ1) is 12.9. The van der Waals surface area contributed by atoms with Crippen LogP contribution in [0.3, 0.4) is 0 Å². The van der Waals surface area contributed by atoms with Crippen LogP contribution >= 0.6 is 11.3 Å². The Bertz CT molecular complexity index is 686. The number of hydrogen-bond donors (Lipinski definition) is 0. The summed E-state index contributed by atoms with van der Waals surface area (Å²) in [4.78, 5) is 19.1. The number of carbonyl (C=O) groups excluding carboxylic acids is 1. The largest absolute Gasteiger partial charge is 0.383 e. The molecular formula is C21H32N2O3S. The molecule has 0 aliphatic carbocycles. The van der Waals surface area contributed by atoms with Gasteiger partial charge in [0.25, 0.3) is 5.91 Å². The zero-order chi connectivity index (χ0) is 19.4. The number of rotatable bonds is 6. The number of allylic oxidation sites excluding steroid dienone is 1. The highest BCUT2D eigenvalue weighted by Gasteiger charge is 2.42. The summed E-state index contributed by atoms with van der Waals surface area (Å²) in [5.41, 5.74) is 2.49. The van der Waals surface area contributed by atoms with Crippen molar-refractivity contribution >= 4 is 17.2 Å². The fourth-order valence-corrected chi connectivity index (χ4v) is 5.23. The first-order valence-corrected chi connectivity index (χ1v) is 10.6. The van der Waals surface area contributed by atoms with E-state index in [1.807, 2.05) is 7.05 Å². The van der Waals surface area contributed by atoms with Gasteiger partial charge < -0.3 is 14.4 Å². The van der Waals surface area contributed by atoms with Gasteiger partial charge in [0.1, 0.15) is 5.60 Å². The van der Waals surface area contributed by atoms with Crippen LogP contribution in [-0.4, -0.2) is 69.3 Å². The molecule has 1 aromatic heterocycles. The lowest BCUT2D eigenvalue weighted by atomic mass is 9.85. The summed E-state index contributed by atoms with van der Waals surface area (Å²) in [7, 11) is 3.50. The quantitative estimate of drug-likeness (QED) is 0.697. The van der Waals surface area contributed by atoms with E-state index < -0.39 is 0 Å². The number of fused-ring (bicyclic) bond motifs is 2. The lowest BCUT2D eigenvalue weighted by Gasteiger charge is -2.43. The number of nitrogens with zero attached hydrogens (tertiary/aromatic N) is 2. The molecule has 1 amide bonds. The molecule has 0 saturated carbocycles. The highest BCUT2D eigenvalue weighted by molar-refractivity contribution is 7.14. The molecule has 150 valence electrons. The van der Waals surface area contributed by atoms with Gasteiger partial charge in [-0.2, -0.15) is 0 Å². The average molecular weight is 393 g/mol. The minimum atomic E-state index is -0.191. The molecule has 1 saturated heterocycles. The fraction of sp³-hybridized carbons (Fsp3) is 0.667. The Morgan fingerprint density at radius 2 is 2.15 bits per heavy atom. The van der Waals surface area contributed by atoms with Gasteiger partial charge in [-0.25, -0.2) is 0 Å². The van der Waals surface area contributed by atoms with Gasteiger partial charge in [0.05, 0.1) is 18.1 Å². The van der Waals surface area contributed by atoms with E-state index in [1.165, 1.54) is 16.0 Å². The molecule has 27 heavy (non-hydrogen) atoms. The van der Waals surface area contributed by atoms with E-state index in [4.69, 9.17) is 9.47 Å². The normalized spacial score (nSPS) is 19.0. The molecule has 0 atom stereocenters. The second-order valence-electron chi connectivity index (χ2n) is 7.86. The number of piperidine rings is 1. The smallest absolute Gasteiger partial charge is 0.263 e. The van der Waals surface area contributed by atoms with Gasteiger partial charge in [-0.05, 0) is 44.7 Å². The first-order valence-electron chi connectivity index (χ1n) is 9.82. The molecule has 1 spiro atoms. The van der Waals surface area contributed by atoms with Gasteiger partial charge in [-0.1, -0.05) is 11.6 Å². The van der Waals surface area contributed by atoms with E-state index in [0.717, 1.165) is 50.4 Å². The molecule has 1 aromatic rings. The third kappa shape index (κ3) is 4.62. The predicted molar refractivity (Wildman–Crippen MR) is 110 cm³/mol. The van der Waals surface area contributed by atoms with Crippen LogP contribution in [0.15, 0.2) is 17.7 Å². The summed E-state index contributed by atoms with van der Waals surface area (Å²) in [6.45, 7) is 9.32. The van der Waals surface area contributed by atoms with Crippen LogP contribution in [0.1, 0.15) is 46.8 Å². The van der Waals surface area contributed by atoms with Crippen LogP contribution in [0.25, 0.3) is 0 Å². The molecule has 6 heteroatoms. The van der Waals surface area contributed by atoms with E-state index in [-0.39, 0.29) is 11.5 Å². The molecule has 5 nitrogen and oxygen atoms in total. The number of thiophene rings is 1. The third-order valence-electron chi connectivity index (χ3n) is 5.58. The summed E-state index contributed by atoms with van der Waals surface area (Å²) in [6.07, 6.45) is 5.21. The van der Waals surface area contributed by atoms with Crippen LogP contribution in [0, 0.1) is 0 Å². The zero-order valence-corrected chi connectivity index (χ0v) is 17.9. The van der Waals surface area contributed by atoms with Crippen molar-refractivity contribution in [2.45, 2.75) is 38.7 Å². The van der Waals surface area contributed by atoms with Crippen LogP contribution < -0.4 is 0 Å². The van der Waals surface area contributed by atoms with Crippen molar-refractivity contribution in [2.75, 3.05) is 53.6 Å². The Hall–Kier alpha value is -1.21. The maximum Gasteiger partial charge on any atom is 0.263 e. The van der Waals surface area contributed by atoms with Crippen LogP contribution in [0.5, 0.6) is 0 Å². The molecule has 0 N–H and O–H groups in total. The van der Waals surface area contributed by atoms with Crippen molar-refractivity contribution in [3.05, 3.63) is 33.0 Å². The van der Waals surface area contributed by atoms with Crippen molar-refractivity contribution in [3.63, 3.8) is 0 Å². The Morgan fingerprint density at radius 3 is 2.81 bits per heavy atom. The molecule has 0 aromatic carbocycles. The van der Waals surface area contributed by atoms with E-state index in [9.17, 15) is 4.79 Å². The van der Waals surface area contributed by atoms with Crippen LogP contribution in [0.4, 0.5) is 0 Å². The molecule has 3 heterocycles. The topological polar surface area (TPSA) is 42.0 Å². The van der Waals surface area contributed by atoms with Gasteiger partial charge in [0, 0.05) is 45.2 Å². The van der Waals surface area contributed by atoms with E-state index in [0.29, 0.717) is 13.2 Å². The van der Waals surface area contributed by atoms with Gasteiger partial charge >= 0.3 is 0 Å². The Kier molecular flexibility index (Phi) is 6.74. The number of ether oxygens (including phenoxy) is 2. The summed E-state index contributed by atoms with van der Waals surface area (Å²) in [6, 6.07) is 2.10. The monoisotopic (exact) mass is 392 g/mol. The summed E-state index contributed by atoms with van der Waals surface area (Å²) in [5.74, 6) is 0.0857. The van der Waals surface area contributed by atoms with Crippen molar-refractivity contribution < 1.29 is 14.3 Å². The molecule has 3 rings (SSSR count).